The molecule has 1 N–H and O–H groups in total. The van der Waals surface area contributed by atoms with Gasteiger partial charge in [0, 0.05) is 12.5 Å². The quantitative estimate of drug-likeness (QED) is 0.925. The van der Waals surface area contributed by atoms with E-state index in [1.54, 1.807) is 4.90 Å². The molecule has 1 aliphatic carbocycles. The molecular weight excluding hydrogens is 294 g/mol. The van der Waals surface area contributed by atoms with Gasteiger partial charge in [-0.05, 0) is 29.4 Å². The predicted molar refractivity (Wildman–Crippen MR) is 85.3 cm³/mol. The van der Waals surface area contributed by atoms with Crippen molar-refractivity contribution in [2.75, 3.05) is 19.7 Å². The maximum Gasteiger partial charge on any atom is 0.334 e. The van der Waals surface area contributed by atoms with Crippen molar-refractivity contribution in [1.82, 2.24) is 4.90 Å². The minimum Gasteiger partial charge on any atom is -0.479 e. The molecule has 1 aromatic rings. The van der Waals surface area contributed by atoms with E-state index in [0.717, 1.165) is 6.42 Å². The zero-order valence-electron chi connectivity index (χ0n) is 13.6. The van der Waals surface area contributed by atoms with Crippen molar-refractivity contribution < 1.29 is 19.4 Å². The van der Waals surface area contributed by atoms with E-state index in [1.807, 2.05) is 0 Å². The Labute approximate surface area is 136 Å². The number of ether oxygens (including phenoxy) is 1. The van der Waals surface area contributed by atoms with Gasteiger partial charge in [0.15, 0.2) is 6.10 Å². The number of carbonyl (C=O) groups is 2. The topological polar surface area (TPSA) is 66.8 Å². The van der Waals surface area contributed by atoms with Crippen molar-refractivity contribution in [3.8, 4) is 0 Å². The van der Waals surface area contributed by atoms with Gasteiger partial charge in [-0.3, -0.25) is 4.79 Å². The molecule has 3 rings (SSSR count). The summed E-state index contributed by atoms with van der Waals surface area (Å²) < 4.78 is 5.17. The minimum absolute atomic E-state index is 0.00700. The largest absolute Gasteiger partial charge is 0.479 e. The molecule has 2 fully saturated rings. The second-order valence-electron chi connectivity index (χ2n) is 6.75. The van der Waals surface area contributed by atoms with Crippen LogP contribution in [0, 0.1) is 5.92 Å². The Morgan fingerprint density at radius 3 is 2.57 bits per heavy atom. The second kappa shape index (κ2) is 6.32. The van der Waals surface area contributed by atoms with E-state index in [-0.39, 0.29) is 24.3 Å². The van der Waals surface area contributed by atoms with Crippen LogP contribution in [0.3, 0.4) is 0 Å². The van der Waals surface area contributed by atoms with Crippen LogP contribution in [0.2, 0.25) is 0 Å². The summed E-state index contributed by atoms with van der Waals surface area (Å²) in [6.07, 6.45) is -0.0372. The Balaban J connectivity index is 1.61. The lowest BCUT2D eigenvalue weighted by Crippen LogP contribution is -2.49. The molecule has 0 unspecified atom stereocenters. The molecule has 0 bridgehead atoms. The third kappa shape index (κ3) is 3.39. The molecule has 3 atom stereocenters. The Bertz CT molecular complexity index is 596. The smallest absolute Gasteiger partial charge is 0.334 e. The van der Waals surface area contributed by atoms with E-state index in [2.05, 4.69) is 38.1 Å². The van der Waals surface area contributed by atoms with Crippen molar-refractivity contribution in [3.05, 3.63) is 35.4 Å². The second-order valence-corrected chi connectivity index (χ2v) is 6.75. The van der Waals surface area contributed by atoms with E-state index in [1.165, 1.54) is 11.1 Å². The van der Waals surface area contributed by atoms with Gasteiger partial charge in [0.1, 0.15) is 0 Å². The minimum atomic E-state index is -1.00. The molecule has 1 heterocycles. The van der Waals surface area contributed by atoms with Crippen molar-refractivity contribution in [2.24, 2.45) is 5.92 Å². The predicted octanol–water partition coefficient (Wildman–Crippen LogP) is 2.23. The zero-order chi connectivity index (χ0) is 16.6. The van der Waals surface area contributed by atoms with Crippen LogP contribution in [0.4, 0.5) is 0 Å². The van der Waals surface area contributed by atoms with Gasteiger partial charge in [0.25, 0.3) is 0 Å². The Hall–Kier alpha value is -1.88. The van der Waals surface area contributed by atoms with Crippen LogP contribution in [-0.4, -0.2) is 47.7 Å². The van der Waals surface area contributed by atoms with E-state index in [9.17, 15) is 9.59 Å². The molecule has 1 amide bonds. The van der Waals surface area contributed by atoms with Crippen LogP contribution in [0.15, 0.2) is 24.3 Å². The Morgan fingerprint density at radius 2 is 1.96 bits per heavy atom. The van der Waals surface area contributed by atoms with E-state index in [0.29, 0.717) is 19.1 Å². The van der Waals surface area contributed by atoms with Gasteiger partial charge >= 0.3 is 5.97 Å². The van der Waals surface area contributed by atoms with Gasteiger partial charge in [0.05, 0.1) is 13.2 Å². The maximum absolute atomic E-state index is 12.6. The lowest BCUT2D eigenvalue weighted by molar-refractivity contribution is -0.159. The molecule has 0 spiro atoms. The first kappa shape index (κ1) is 16.0. The first-order valence-electron chi connectivity index (χ1n) is 8.20. The number of morpholine rings is 1. The summed E-state index contributed by atoms with van der Waals surface area (Å²) in [6.45, 7) is 5.26. The first-order valence-corrected chi connectivity index (χ1v) is 8.20. The number of nitrogens with zero attached hydrogens (tertiary/aromatic N) is 1. The molecule has 124 valence electrons. The van der Waals surface area contributed by atoms with Gasteiger partial charge in [0.2, 0.25) is 5.91 Å². The van der Waals surface area contributed by atoms with Crippen LogP contribution in [0.5, 0.6) is 0 Å². The fourth-order valence-corrected chi connectivity index (χ4v) is 3.20. The summed E-state index contributed by atoms with van der Waals surface area (Å²) >= 11 is 0. The van der Waals surface area contributed by atoms with Crippen molar-refractivity contribution in [1.29, 1.82) is 0 Å². The van der Waals surface area contributed by atoms with Crippen LogP contribution in [-0.2, 0) is 14.3 Å². The van der Waals surface area contributed by atoms with Gasteiger partial charge < -0.3 is 14.7 Å². The molecule has 5 nitrogen and oxygen atoms in total. The summed E-state index contributed by atoms with van der Waals surface area (Å²) in [5.41, 5.74) is 2.51. The number of carboxylic acids is 1. The highest BCUT2D eigenvalue weighted by atomic mass is 16.5. The van der Waals surface area contributed by atoms with Crippen LogP contribution >= 0.6 is 0 Å². The maximum atomic E-state index is 12.6. The van der Waals surface area contributed by atoms with Crippen LogP contribution in [0.25, 0.3) is 0 Å². The van der Waals surface area contributed by atoms with E-state index >= 15 is 0 Å². The highest BCUT2D eigenvalue weighted by molar-refractivity contribution is 5.84. The third-order valence-electron chi connectivity index (χ3n) is 4.79. The molecule has 1 aromatic carbocycles. The standard InChI is InChI=1S/C18H23NO4/c1-11(2)12-3-5-13(6-4-12)14-9-15(14)17(20)19-7-8-23-16(10-19)18(21)22/h3-6,11,14-16H,7-10H2,1-2H3,(H,21,22)/t14-,15+,16+/m0/s1. The summed E-state index contributed by atoms with van der Waals surface area (Å²) in [7, 11) is 0. The lowest BCUT2D eigenvalue weighted by Gasteiger charge is -2.31. The summed E-state index contributed by atoms with van der Waals surface area (Å²) in [5, 5.41) is 9.03. The molecule has 0 radical (unpaired) electrons. The number of aliphatic carboxylic acids is 1. The number of carbonyl (C=O) groups excluding carboxylic acids is 1. The SMILES string of the molecule is CC(C)c1ccc([C@@H]2C[C@H]2C(=O)N2CCO[C@@H](C(=O)O)C2)cc1. The normalized spacial score (nSPS) is 27.1. The molecule has 1 aliphatic heterocycles. The lowest BCUT2D eigenvalue weighted by atomic mass is 10.00. The van der Waals surface area contributed by atoms with Crippen molar-refractivity contribution in [2.45, 2.75) is 38.2 Å². The molecule has 0 aromatic heterocycles. The number of rotatable bonds is 4. The summed E-state index contributed by atoms with van der Waals surface area (Å²) in [6, 6.07) is 8.50. The van der Waals surface area contributed by atoms with Gasteiger partial charge in [-0.2, -0.15) is 0 Å². The van der Waals surface area contributed by atoms with Crippen LogP contribution in [0.1, 0.15) is 43.2 Å². The molecule has 1 saturated carbocycles. The molecule has 2 aliphatic rings. The fraction of sp³-hybridized carbons (Fsp3) is 0.556. The molecule has 1 saturated heterocycles. The average molecular weight is 317 g/mol. The number of carboxylic acid groups (broad SMARTS) is 1. The van der Waals surface area contributed by atoms with E-state index in [4.69, 9.17) is 9.84 Å². The molecule has 5 heteroatoms. The van der Waals surface area contributed by atoms with E-state index < -0.39 is 12.1 Å². The zero-order valence-corrected chi connectivity index (χ0v) is 13.6. The van der Waals surface area contributed by atoms with Crippen molar-refractivity contribution >= 4 is 11.9 Å². The summed E-state index contributed by atoms with van der Waals surface area (Å²) in [4.78, 5) is 25.2. The number of hydrogen-bond donors (Lipinski definition) is 1. The average Bonchev–Trinajstić information content (AvgIpc) is 3.35. The van der Waals surface area contributed by atoms with Gasteiger partial charge in [-0.25, -0.2) is 4.79 Å². The Kier molecular flexibility index (Phi) is 4.39. The number of benzene rings is 1. The number of hydrogen-bond acceptors (Lipinski definition) is 3. The third-order valence-corrected chi connectivity index (χ3v) is 4.79. The van der Waals surface area contributed by atoms with Crippen LogP contribution < -0.4 is 0 Å². The fourth-order valence-electron chi connectivity index (χ4n) is 3.20. The van der Waals surface area contributed by atoms with Crippen molar-refractivity contribution in [3.63, 3.8) is 0 Å². The number of amides is 1. The highest BCUT2D eigenvalue weighted by Gasteiger charge is 2.46. The monoisotopic (exact) mass is 317 g/mol. The van der Waals surface area contributed by atoms with Gasteiger partial charge in [-0.15, -0.1) is 0 Å². The Morgan fingerprint density at radius 1 is 1.26 bits per heavy atom. The highest BCUT2D eigenvalue weighted by Crippen LogP contribution is 2.48. The summed E-state index contributed by atoms with van der Waals surface area (Å²) in [5.74, 6) is -0.166. The molecular formula is C18H23NO4. The molecule has 23 heavy (non-hydrogen) atoms. The van der Waals surface area contributed by atoms with Gasteiger partial charge in [-0.1, -0.05) is 38.1 Å². The first-order chi connectivity index (χ1) is 11.0.